The molecule has 9 nitrogen and oxygen atoms in total. The van der Waals surface area contributed by atoms with Crippen molar-refractivity contribution in [2.24, 2.45) is 0 Å². The minimum absolute atomic E-state index is 0.0167. The number of aromatic nitrogens is 2. The molecule has 0 spiro atoms. The second-order valence-electron chi connectivity index (χ2n) is 9.93. The highest BCUT2D eigenvalue weighted by molar-refractivity contribution is 5.97. The number of amides is 1. The molecule has 1 saturated heterocycles. The zero-order chi connectivity index (χ0) is 27.8. The van der Waals surface area contributed by atoms with Crippen molar-refractivity contribution in [3.8, 4) is 11.8 Å². The van der Waals surface area contributed by atoms with Gasteiger partial charge in [0.05, 0.1) is 47.4 Å². The molecule has 1 aromatic heterocycles. The fourth-order valence-electron chi connectivity index (χ4n) is 5.07. The predicted octanol–water partition coefficient (Wildman–Crippen LogP) is 4.31. The van der Waals surface area contributed by atoms with Crippen LogP contribution in [0, 0.1) is 17.1 Å². The van der Waals surface area contributed by atoms with Crippen LogP contribution in [0.25, 0.3) is 11.0 Å². The lowest BCUT2D eigenvalue weighted by Gasteiger charge is -2.30. The van der Waals surface area contributed by atoms with Crippen LogP contribution in [0.5, 0.6) is 5.75 Å². The lowest BCUT2D eigenvalue weighted by molar-refractivity contribution is -0.0591. The molecule has 202 valence electrons. The molecule has 0 saturated carbocycles. The summed E-state index contributed by atoms with van der Waals surface area (Å²) >= 11 is 0. The summed E-state index contributed by atoms with van der Waals surface area (Å²) in [6.07, 6.45) is 1.58. The van der Waals surface area contributed by atoms with E-state index in [0.717, 1.165) is 12.0 Å². The first kappa shape index (κ1) is 25.5. The zero-order valence-corrected chi connectivity index (χ0v) is 21.5. The van der Waals surface area contributed by atoms with Crippen LogP contribution in [0.2, 0.25) is 0 Å². The molecule has 1 atom stereocenters. The van der Waals surface area contributed by atoms with Crippen LogP contribution in [0.15, 0.2) is 54.6 Å². The van der Waals surface area contributed by atoms with Gasteiger partial charge in [-0.25, -0.2) is 14.2 Å². The molecule has 0 aliphatic carbocycles. The number of carbonyl (C=O) groups is 2. The average Bonchev–Trinajstić information content (AvgIpc) is 3.27. The molecule has 10 heteroatoms. The molecule has 0 radical (unpaired) electrons. The van der Waals surface area contributed by atoms with Crippen molar-refractivity contribution in [3.63, 3.8) is 0 Å². The molecule has 1 fully saturated rings. The van der Waals surface area contributed by atoms with Crippen LogP contribution in [0.4, 0.5) is 4.39 Å². The Morgan fingerprint density at radius 3 is 2.77 bits per heavy atom. The number of ether oxygens (including phenoxy) is 2. The van der Waals surface area contributed by atoms with Crippen molar-refractivity contribution in [1.29, 1.82) is 5.26 Å². The Hall–Kier alpha value is -4.75. The molecule has 4 aromatic rings. The van der Waals surface area contributed by atoms with Gasteiger partial charge in [-0.2, -0.15) is 5.26 Å². The largest absolute Gasteiger partial charge is 0.489 e. The number of hydrogen-bond acceptors (Lipinski definition) is 6. The number of imidazole rings is 1. The number of halogens is 1. The summed E-state index contributed by atoms with van der Waals surface area (Å²) in [5.74, 6) is -0.605. The minimum atomic E-state index is -1.01. The third-order valence-electron chi connectivity index (χ3n) is 7.41. The van der Waals surface area contributed by atoms with Crippen molar-refractivity contribution >= 4 is 22.9 Å². The van der Waals surface area contributed by atoms with Crippen molar-refractivity contribution in [2.75, 3.05) is 13.2 Å². The van der Waals surface area contributed by atoms with E-state index in [1.807, 2.05) is 16.7 Å². The summed E-state index contributed by atoms with van der Waals surface area (Å²) in [4.78, 5) is 31.6. The van der Waals surface area contributed by atoms with Gasteiger partial charge in [0.2, 0.25) is 0 Å². The minimum Gasteiger partial charge on any atom is -0.489 e. The number of carboxylic acid groups (broad SMARTS) is 1. The van der Waals surface area contributed by atoms with E-state index < -0.39 is 11.8 Å². The van der Waals surface area contributed by atoms with Gasteiger partial charge in [-0.15, -0.1) is 0 Å². The first-order chi connectivity index (χ1) is 19.4. The summed E-state index contributed by atoms with van der Waals surface area (Å²) in [7, 11) is 0. The van der Waals surface area contributed by atoms with Crippen molar-refractivity contribution < 1.29 is 28.6 Å². The number of hydrogen-bond donors (Lipinski definition) is 1. The third-order valence-corrected chi connectivity index (χ3v) is 7.41. The fraction of sp³-hybridized carbons (Fsp3) is 0.267. The van der Waals surface area contributed by atoms with Crippen molar-refractivity contribution in [3.05, 3.63) is 94.1 Å². The number of benzene rings is 3. The topological polar surface area (TPSA) is 118 Å². The van der Waals surface area contributed by atoms with E-state index in [4.69, 9.17) is 19.7 Å². The normalized spacial score (nSPS) is 16.4. The number of aromatic carboxylic acids is 1. The van der Waals surface area contributed by atoms with Gasteiger partial charge < -0.3 is 24.0 Å². The van der Waals surface area contributed by atoms with Crippen LogP contribution in [0.3, 0.4) is 0 Å². The molecule has 0 bridgehead atoms. The summed E-state index contributed by atoms with van der Waals surface area (Å²) in [5.41, 5.74) is 3.49. The second-order valence-corrected chi connectivity index (χ2v) is 9.93. The highest BCUT2D eigenvalue weighted by Gasteiger charge is 2.28. The monoisotopic (exact) mass is 540 g/mol. The average molecular weight is 541 g/mol. The maximum absolute atomic E-state index is 14.3. The Balaban J connectivity index is 1.23. The standard InChI is InChI=1S/C30H25FN4O5/c31-25-11-18(14-32)1-2-21(25)17-40-22-5-3-19-7-9-34(29(36)24(19)13-22)16-28-33-26-6-4-20(30(37)38)12-27(26)35(28)15-23-8-10-39-23/h1-6,11-13,23H,7-10,15-17H2,(H,37,38)/t23-/m0/s1. The van der Waals surface area contributed by atoms with E-state index in [1.165, 1.54) is 24.3 Å². The van der Waals surface area contributed by atoms with Gasteiger partial charge in [-0.1, -0.05) is 12.1 Å². The van der Waals surface area contributed by atoms with E-state index in [0.29, 0.717) is 59.9 Å². The molecular weight excluding hydrogens is 515 g/mol. The van der Waals surface area contributed by atoms with Crippen LogP contribution >= 0.6 is 0 Å². The molecule has 2 aliphatic rings. The van der Waals surface area contributed by atoms with E-state index in [9.17, 15) is 19.1 Å². The summed E-state index contributed by atoms with van der Waals surface area (Å²) in [6.45, 7) is 1.93. The lowest BCUT2D eigenvalue weighted by Crippen LogP contribution is -2.38. The predicted molar refractivity (Wildman–Crippen MR) is 141 cm³/mol. The molecule has 40 heavy (non-hydrogen) atoms. The van der Waals surface area contributed by atoms with E-state index in [2.05, 4.69) is 0 Å². The number of carbonyl (C=O) groups excluding carboxylic acids is 1. The van der Waals surface area contributed by atoms with E-state index in [-0.39, 0.29) is 36.3 Å². The van der Waals surface area contributed by atoms with Gasteiger partial charge >= 0.3 is 5.97 Å². The van der Waals surface area contributed by atoms with Gasteiger partial charge in [-0.05, 0) is 60.9 Å². The lowest BCUT2D eigenvalue weighted by atomic mass is 9.98. The van der Waals surface area contributed by atoms with Crippen molar-refractivity contribution in [2.45, 2.75) is 38.6 Å². The Bertz CT molecular complexity index is 1690. The first-order valence-corrected chi connectivity index (χ1v) is 13.0. The SMILES string of the molecule is N#Cc1ccc(COc2ccc3c(c2)C(=O)N(Cc2nc4ccc(C(=O)O)cc4n2C[C@@H]2CCO2)CC3)c(F)c1. The second kappa shape index (κ2) is 10.4. The molecule has 2 aliphatic heterocycles. The van der Waals surface area contributed by atoms with Gasteiger partial charge in [-0.3, -0.25) is 4.79 Å². The number of carboxylic acids is 1. The van der Waals surface area contributed by atoms with Crippen molar-refractivity contribution in [1.82, 2.24) is 14.5 Å². The van der Waals surface area contributed by atoms with E-state index >= 15 is 0 Å². The molecular formula is C30H25FN4O5. The Morgan fingerprint density at radius 2 is 2.05 bits per heavy atom. The molecule has 3 aromatic carbocycles. The molecule has 0 unspecified atom stereocenters. The zero-order valence-electron chi connectivity index (χ0n) is 21.5. The summed E-state index contributed by atoms with van der Waals surface area (Å²) in [5, 5.41) is 18.4. The van der Waals surface area contributed by atoms with Gasteiger partial charge in [0.15, 0.2) is 0 Å². The number of nitrogens with zero attached hydrogens (tertiary/aromatic N) is 4. The Kier molecular flexibility index (Phi) is 6.66. The maximum Gasteiger partial charge on any atom is 0.335 e. The highest BCUT2D eigenvalue weighted by Crippen LogP contribution is 2.28. The van der Waals surface area contributed by atoms with Crippen LogP contribution in [-0.2, 0) is 30.9 Å². The maximum atomic E-state index is 14.3. The fourth-order valence-corrected chi connectivity index (χ4v) is 5.07. The molecule has 1 N–H and O–H groups in total. The number of nitriles is 1. The van der Waals surface area contributed by atoms with E-state index in [1.54, 1.807) is 29.2 Å². The molecule has 6 rings (SSSR count). The first-order valence-electron chi connectivity index (χ1n) is 13.0. The molecule has 1 amide bonds. The quantitative estimate of drug-likeness (QED) is 0.354. The van der Waals surface area contributed by atoms with Gasteiger partial charge in [0, 0.05) is 24.3 Å². The highest BCUT2D eigenvalue weighted by atomic mass is 19.1. The third kappa shape index (κ3) is 4.87. The number of fused-ring (bicyclic) bond motifs is 2. The number of rotatable bonds is 8. The molecule has 3 heterocycles. The summed E-state index contributed by atoms with van der Waals surface area (Å²) in [6, 6.07) is 16.2. The smallest absolute Gasteiger partial charge is 0.335 e. The van der Waals surface area contributed by atoms with Gasteiger partial charge in [0.25, 0.3) is 5.91 Å². The Labute approximate surface area is 229 Å². The van der Waals surface area contributed by atoms with Crippen LogP contribution < -0.4 is 4.74 Å². The summed E-state index contributed by atoms with van der Waals surface area (Å²) < 4.78 is 27.7. The van der Waals surface area contributed by atoms with Crippen LogP contribution in [-0.4, -0.2) is 50.7 Å². The Morgan fingerprint density at radius 1 is 1.20 bits per heavy atom. The van der Waals surface area contributed by atoms with Crippen LogP contribution in [0.1, 0.15) is 49.7 Å². The van der Waals surface area contributed by atoms with Gasteiger partial charge in [0.1, 0.15) is 24.0 Å².